The van der Waals surface area contributed by atoms with Gasteiger partial charge in [-0.05, 0) is 121 Å². The van der Waals surface area contributed by atoms with Gasteiger partial charge >= 0.3 is 12.1 Å². The molecule has 2 N–H and O–H groups in total. The SMILES string of the molecule is CCOC(=O)c1ccc(NC(=O)C2c3cccc(N(C)C(=O)CN(C)C)c3CCN2C(=O)C2CCC(CNC(=O)OC(C)(C)C)CC2)cc1. The Morgan fingerprint density at radius 2 is 1.61 bits per heavy atom. The number of ether oxygens (including phenoxy) is 2. The molecule has 0 spiro atoms. The Morgan fingerprint density at radius 3 is 2.22 bits per heavy atom. The van der Waals surface area contributed by atoms with Crippen molar-refractivity contribution in [3.8, 4) is 0 Å². The van der Waals surface area contributed by atoms with E-state index in [1.807, 2.05) is 53.1 Å². The van der Waals surface area contributed by atoms with Crippen LogP contribution in [0.1, 0.15) is 80.9 Å². The van der Waals surface area contributed by atoms with Crippen LogP contribution in [-0.2, 0) is 30.3 Å². The summed E-state index contributed by atoms with van der Waals surface area (Å²) in [6, 6.07) is 11.1. The van der Waals surface area contributed by atoms with Crippen molar-refractivity contribution in [2.75, 3.05) is 57.6 Å². The van der Waals surface area contributed by atoms with Crippen LogP contribution >= 0.6 is 0 Å². The maximum absolute atomic E-state index is 14.2. The number of carbonyl (C=O) groups is 5. The lowest BCUT2D eigenvalue weighted by atomic mass is 9.80. The lowest BCUT2D eigenvalue weighted by Crippen LogP contribution is -2.48. The number of carbonyl (C=O) groups excluding carboxylic acids is 5. The highest BCUT2D eigenvalue weighted by Crippen LogP contribution is 2.39. The van der Waals surface area contributed by atoms with Gasteiger partial charge in [-0.3, -0.25) is 14.4 Å². The second-order valence-corrected chi connectivity index (χ2v) is 14.1. The first kappa shape index (κ1) is 37.4. The van der Waals surface area contributed by atoms with Crippen molar-refractivity contribution in [3.05, 3.63) is 59.2 Å². The summed E-state index contributed by atoms with van der Waals surface area (Å²) in [6.07, 6.45) is 2.87. The molecule has 4 rings (SSSR count). The van der Waals surface area contributed by atoms with Gasteiger partial charge in [0.2, 0.25) is 11.8 Å². The van der Waals surface area contributed by atoms with Gasteiger partial charge in [0, 0.05) is 37.4 Å². The zero-order valence-corrected chi connectivity index (χ0v) is 29.8. The third kappa shape index (κ3) is 9.81. The Hall–Kier alpha value is -4.45. The Bertz CT molecular complexity index is 1510. The summed E-state index contributed by atoms with van der Waals surface area (Å²) in [6.45, 7) is 8.48. The van der Waals surface area contributed by atoms with Gasteiger partial charge in [0.15, 0.2) is 0 Å². The molecule has 1 aliphatic carbocycles. The Labute approximate surface area is 289 Å². The standard InChI is InChI=1S/C37H51N5O7/c1-8-48-35(46)26-16-18-27(19-17-26)39-33(44)32-29-10-9-11-30(41(7)31(43)23-40(5)6)28(29)20-21-42(32)34(45)25-14-12-24(13-15-25)22-38-36(47)49-37(2,3)4/h9-11,16-19,24-25,32H,8,12-15,20-23H2,1-7H3,(H,38,47)(H,39,44). The van der Waals surface area contributed by atoms with E-state index in [0.29, 0.717) is 54.9 Å². The molecule has 49 heavy (non-hydrogen) atoms. The molecule has 2 aliphatic rings. The van der Waals surface area contributed by atoms with Crippen molar-refractivity contribution in [3.63, 3.8) is 0 Å². The molecular weight excluding hydrogens is 626 g/mol. The predicted octanol–water partition coefficient (Wildman–Crippen LogP) is 4.78. The topological polar surface area (TPSA) is 138 Å². The highest BCUT2D eigenvalue weighted by molar-refractivity contribution is 6.00. The normalized spacial score (nSPS) is 19.0. The van der Waals surface area contributed by atoms with Crippen LogP contribution in [-0.4, -0.2) is 92.6 Å². The fourth-order valence-electron chi connectivity index (χ4n) is 6.50. The minimum Gasteiger partial charge on any atom is -0.462 e. The van der Waals surface area contributed by atoms with Gasteiger partial charge in [0.25, 0.3) is 5.91 Å². The average molecular weight is 678 g/mol. The molecule has 1 saturated carbocycles. The third-order valence-corrected chi connectivity index (χ3v) is 8.91. The Morgan fingerprint density at radius 1 is 0.939 bits per heavy atom. The summed E-state index contributed by atoms with van der Waals surface area (Å²) < 4.78 is 10.4. The van der Waals surface area contributed by atoms with Gasteiger partial charge in [-0.25, -0.2) is 9.59 Å². The molecule has 12 nitrogen and oxygen atoms in total. The first-order valence-electron chi connectivity index (χ1n) is 17.1. The second kappa shape index (κ2) is 16.3. The van der Waals surface area contributed by atoms with Crippen molar-refractivity contribution < 1.29 is 33.4 Å². The number of fused-ring (bicyclic) bond motifs is 1. The van der Waals surface area contributed by atoms with E-state index in [1.54, 1.807) is 52.9 Å². The summed E-state index contributed by atoms with van der Waals surface area (Å²) in [5.74, 6) is -1.02. The number of alkyl carbamates (subject to hydrolysis) is 1. The number of amides is 4. The van der Waals surface area contributed by atoms with Crippen LogP contribution in [0.2, 0.25) is 0 Å². The minimum absolute atomic E-state index is 0.0792. The quantitative estimate of drug-likeness (QED) is 0.343. The maximum atomic E-state index is 14.2. The summed E-state index contributed by atoms with van der Waals surface area (Å²) in [5, 5.41) is 5.82. The molecule has 0 radical (unpaired) electrons. The summed E-state index contributed by atoms with van der Waals surface area (Å²) in [4.78, 5) is 70.9. The van der Waals surface area contributed by atoms with E-state index in [4.69, 9.17) is 9.47 Å². The van der Waals surface area contributed by atoms with E-state index in [0.717, 1.165) is 18.4 Å². The number of benzene rings is 2. The van der Waals surface area contributed by atoms with E-state index < -0.39 is 23.7 Å². The van der Waals surface area contributed by atoms with Crippen LogP contribution in [0.3, 0.4) is 0 Å². The number of nitrogens with one attached hydrogen (secondary N) is 2. The number of esters is 1. The van der Waals surface area contributed by atoms with Crippen LogP contribution in [0.25, 0.3) is 0 Å². The van der Waals surface area contributed by atoms with Gasteiger partial charge in [0.1, 0.15) is 11.6 Å². The second-order valence-electron chi connectivity index (χ2n) is 14.1. The zero-order chi connectivity index (χ0) is 35.9. The highest BCUT2D eigenvalue weighted by atomic mass is 16.6. The first-order valence-corrected chi connectivity index (χ1v) is 17.1. The number of hydrogen-bond acceptors (Lipinski definition) is 8. The molecule has 12 heteroatoms. The van der Waals surface area contributed by atoms with Crippen LogP contribution in [0, 0.1) is 11.8 Å². The van der Waals surface area contributed by atoms with Crippen LogP contribution in [0.4, 0.5) is 16.2 Å². The molecule has 1 fully saturated rings. The van der Waals surface area contributed by atoms with Crippen molar-refractivity contribution in [2.24, 2.45) is 11.8 Å². The number of nitrogens with zero attached hydrogens (tertiary/aromatic N) is 3. The molecule has 1 heterocycles. The first-order chi connectivity index (χ1) is 23.2. The maximum Gasteiger partial charge on any atom is 0.407 e. The van der Waals surface area contributed by atoms with Gasteiger partial charge in [-0.1, -0.05) is 12.1 Å². The van der Waals surface area contributed by atoms with E-state index >= 15 is 0 Å². The van der Waals surface area contributed by atoms with Crippen LogP contribution in [0.15, 0.2) is 42.5 Å². The van der Waals surface area contributed by atoms with E-state index in [9.17, 15) is 24.0 Å². The van der Waals surface area contributed by atoms with Gasteiger partial charge in [-0.2, -0.15) is 0 Å². The van der Waals surface area contributed by atoms with Gasteiger partial charge in [0.05, 0.1) is 18.7 Å². The molecule has 0 aromatic heterocycles. The fraction of sp³-hybridized carbons (Fsp3) is 0.541. The lowest BCUT2D eigenvalue weighted by molar-refractivity contribution is -0.144. The Kier molecular flexibility index (Phi) is 12.4. The number of likely N-dealkylation sites (N-methyl/N-ethyl adjacent to an activating group) is 2. The molecular formula is C37H51N5O7. The van der Waals surface area contributed by atoms with Crippen molar-refractivity contribution >= 4 is 41.2 Å². The largest absolute Gasteiger partial charge is 0.462 e. The van der Waals surface area contributed by atoms with Crippen LogP contribution in [0.5, 0.6) is 0 Å². The molecule has 1 atom stereocenters. The molecule has 2 aromatic carbocycles. The molecule has 0 bridgehead atoms. The van der Waals surface area contributed by atoms with Crippen molar-refractivity contribution in [2.45, 2.75) is 71.4 Å². The van der Waals surface area contributed by atoms with E-state index in [1.165, 1.54) is 0 Å². The molecule has 4 amide bonds. The highest BCUT2D eigenvalue weighted by Gasteiger charge is 2.40. The molecule has 1 aliphatic heterocycles. The van der Waals surface area contributed by atoms with Crippen molar-refractivity contribution in [1.29, 1.82) is 0 Å². The molecule has 1 unspecified atom stereocenters. The summed E-state index contributed by atoms with van der Waals surface area (Å²) in [5.41, 5.74) is 2.52. The molecule has 2 aromatic rings. The van der Waals surface area contributed by atoms with Gasteiger partial charge in [-0.15, -0.1) is 0 Å². The number of hydrogen-bond donors (Lipinski definition) is 2. The van der Waals surface area contributed by atoms with Crippen LogP contribution < -0.4 is 15.5 Å². The number of anilines is 2. The number of rotatable bonds is 10. The fourth-order valence-corrected chi connectivity index (χ4v) is 6.50. The smallest absolute Gasteiger partial charge is 0.407 e. The third-order valence-electron chi connectivity index (χ3n) is 8.91. The van der Waals surface area contributed by atoms with E-state index in [2.05, 4.69) is 10.6 Å². The lowest BCUT2D eigenvalue weighted by Gasteiger charge is -2.40. The molecule has 266 valence electrons. The molecule has 0 saturated heterocycles. The summed E-state index contributed by atoms with van der Waals surface area (Å²) in [7, 11) is 5.40. The average Bonchev–Trinajstić information content (AvgIpc) is 3.05. The zero-order valence-electron chi connectivity index (χ0n) is 29.8. The summed E-state index contributed by atoms with van der Waals surface area (Å²) >= 11 is 0. The minimum atomic E-state index is -0.926. The Balaban J connectivity index is 1.55. The van der Waals surface area contributed by atoms with Crippen molar-refractivity contribution in [1.82, 2.24) is 15.1 Å². The van der Waals surface area contributed by atoms with Gasteiger partial charge < -0.3 is 34.8 Å². The monoisotopic (exact) mass is 677 g/mol. The predicted molar refractivity (Wildman–Crippen MR) is 187 cm³/mol. The van der Waals surface area contributed by atoms with E-state index in [-0.39, 0.29) is 42.7 Å².